The molecule has 31 heavy (non-hydrogen) atoms. The minimum Gasteiger partial charge on any atom is -0.347 e. The van der Waals surface area contributed by atoms with Gasteiger partial charge in [0.2, 0.25) is 5.91 Å². The van der Waals surface area contributed by atoms with E-state index in [9.17, 15) is 4.79 Å². The van der Waals surface area contributed by atoms with Crippen LogP contribution in [0.5, 0.6) is 0 Å². The van der Waals surface area contributed by atoms with Crippen LogP contribution in [0.1, 0.15) is 57.2 Å². The average molecular weight is 424 g/mol. The van der Waals surface area contributed by atoms with Crippen LogP contribution in [-0.2, 0) is 11.3 Å². The molecule has 0 fully saturated rings. The highest BCUT2D eigenvalue weighted by Gasteiger charge is 2.22. The second kappa shape index (κ2) is 9.76. The summed E-state index contributed by atoms with van der Waals surface area (Å²) in [7, 11) is 5.51. The predicted molar refractivity (Wildman–Crippen MR) is 123 cm³/mol. The van der Waals surface area contributed by atoms with Crippen LogP contribution >= 0.6 is 0 Å². The van der Waals surface area contributed by atoms with Crippen molar-refractivity contribution in [3.05, 3.63) is 53.9 Å². The zero-order valence-electron chi connectivity index (χ0n) is 19.4. The van der Waals surface area contributed by atoms with Crippen molar-refractivity contribution in [3.63, 3.8) is 0 Å². The Labute approximate surface area is 184 Å². The summed E-state index contributed by atoms with van der Waals surface area (Å²) in [5.74, 6) is -0.00411. The third-order valence-electron chi connectivity index (χ3n) is 5.48. The number of aliphatic imine (C=N–C) groups is 1. The molecule has 2 aromatic rings. The fourth-order valence-electron chi connectivity index (χ4n) is 3.60. The number of carbonyl (C=O) groups is 1. The van der Waals surface area contributed by atoms with Crippen molar-refractivity contribution in [2.45, 2.75) is 52.6 Å². The van der Waals surface area contributed by atoms with E-state index in [4.69, 9.17) is 4.99 Å². The van der Waals surface area contributed by atoms with Gasteiger partial charge in [-0.2, -0.15) is 10.2 Å². The van der Waals surface area contributed by atoms with Crippen LogP contribution < -0.4 is 0 Å². The Balaban J connectivity index is 1.96. The van der Waals surface area contributed by atoms with Crippen molar-refractivity contribution in [2.75, 3.05) is 21.1 Å². The first-order chi connectivity index (χ1) is 14.9. The number of rotatable bonds is 8. The molecule has 0 bridgehead atoms. The first kappa shape index (κ1) is 22.5. The van der Waals surface area contributed by atoms with Gasteiger partial charge >= 0.3 is 0 Å². The lowest BCUT2D eigenvalue weighted by molar-refractivity contribution is -0.129. The van der Waals surface area contributed by atoms with Crippen molar-refractivity contribution in [2.24, 2.45) is 4.99 Å². The Morgan fingerprint density at radius 3 is 2.45 bits per heavy atom. The molecule has 0 saturated heterocycles. The Hall–Kier alpha value is -3.16. The number of allylic oxidation sites excluding steroid dienone is 2. The monoisotopic (exact) mass is 423 g/mol. The zero-order valence-corrected chi connectivity index (χ0v) is 19.4. The summed E-state index contributed by atoms with van der Waals surface area (Å²) < 4.78 is 3.69. The number of likely N-dealkylation sites (N-methyl/N-ethyl adjacent to an activating group) is 2. The summed E-state index contributed by atoms with van der Waals surface area (Å²) >= 11 is 0. The van der Waals surface area contributed by atoms with Crippen LogP contribution in [0, 0.1) is 0 Å². The third kappa shape index (κ3) is 4.95. The molecule has 1 aliphatic heterocycles. The molecule has 3 heterocycles. The standard InChI is InChI=1S/C23H33N7O/c1-7-10-21-23(18-12-25-30(14-18)19(8-2)9-3)26-20(15-28(21)6)17-11-24-29(13-17)16-22(31)27(4)5/h10-15,19H,7-9,16H2,1-6H3/b21-10-. The molecular formula is C23H33N7O. The van der Waals surface area contributed by atoms with E-state index in [1.54, 1.807) is 29.9 Å². The van der Waals surface area contributed by atoms with Crippen LogP contribution in [0.2, 0.25) is 0 Å². The van der Waals surface area contributed by atoms with Gasteiger partial charge in [-0.15, -0.1) is 0 Å². The highest BCUT2D eigenvalue weighted by molar-refractivity contribution is 6.15. The van der Waals surface area contributed by atoms with Gasteiger partial charge in [0.05, 0.1) is 35.5 Å². The second-order valence-corrected chi connectivity index (χ2v) is 7.98. The van der Waals surface area contributed by atoms with Crippen molar-refractivity contribution >= 4 is 17.3 Å². The normalized spacial score (nSPS) is 15.5. The number of hydrogen-bond acceptors (Lipinski definition) is 5. The lowest BCUT2D eigenvalue weighted by atomic mass is 10.1. The predicted octanol–water partition coefficient (Wildman–Crippen LogP) is 3.56. The van der Waals surface area contributed by atoms with Crippen molar-refractivity contribution < 1.29 is 4.79 Å². The van der Waals surface area contributed by atoms with Crippen LogP contribution in [-0.4, -0.2) is 62.1 Å². The smallest absolute Gasteiger partial charge is 0.243 e. The molecule has 0 radical (unpaired) electrons. The summed E-state index contributed by atoms with van der Waals surface area (Å²) in [4.78, 5) is 20.7. The molecule has 8 heteroatoms. The fourth-order valence-corrected chi connectivity index (χ4v) is 3.60. The maximum atomic E-state index is 12.0. The Morgan fingerprint density at radius 2 is 1.81 bits per heavy atom. The van der Waals surface area contributed by atoms with Crippen molar-refractivity contribution in [1.29, 1.82) is 0 Å². The highest BCUT2D eigenvalue weighted by atomic mass is 16.2. The highest BCUT2D eigenvalue weighted by Crippen LogP contribution is 2.27. The Bertz CT molecular complexity index is 1000. The van der Waals surface area contributed by atoms with Gasteiger partial charge in [-0.1, -0.05) is 26.8 Å². The first-order valence-electron chi connectivity index (χ1n) is 10.9. The maximum Gasteiger partial charge on any atom is 0.243 e. The van der Waals surface area contributed by atoms with Crippen LogP contribution in [0.15, 0.2) is 47.8 Å². The largest absolute Gasteiger partial charge is 0.347 e. The van der Waals surface area contributed by atoms with E-state index < -0.39 is 0 Å². The van der Waals surface area contributed by atoms with Crippen LogP contribution in [0.4, 0.5) is 0 Å². The summed E-state index contributed by atoms with van der Waals surface area (Å²) in [5, 5.41) is 8.97. The summed E-state index contributed by atoms with van der Waals surface area (Å²) in [6, 6.07) is 0.386. The minimum absolute atomic E-state index is 0.00411. The van der Waals surface area contributed by atoms with Crippen LogP contribution in [0.25, 0.3) is 5.70 Å². The topological polar surface area (TPSA) is 71.5 Å². The molecule has 0 aromatic carbocycles. The molecule has 0 saturated carbocycles. The molecule has 0 N–H and O–H groups in total. The molecule has 1 aliphatic rings. The van der Waals surface area contributed by atoms with E-state index in [0.717, 1.165) is 47.5 Å². The molecule has 2 aromatic heterocycles. The molecule has 1 amide bonds. The number of hydrogen-bond donors (Lipinski definition) is 0. The molecule has 3 rings (SSSR count). The lowest BCUT2D eigenvalue weighted by Crippen LogP contribution is -2.26. The average Bonchev–Trinajstić information content (AvgIpc) is 3.40. The molecule has 0 unspecified atom stereocenters. The number of nitrogens with zero attached hydrogens (tertiary/aromatic N) is 7. The number of amides is 1. The first-order valence-corrected chi connectivity index (χ1v) is 10.9. The minimum atomic E-state index is -0.00411. The van der Waals surface area contributed by atoms with Gasteiger partial charge in [0.15, 0.2) is 0 Å². The summed E-state index contributed by atoms with van der Waals surface area (Å²) in [6.07, 6.45) is 14.8. The quantitative estimate of drug-likeness (QED) is 0.651. The second-order valence-electron chi connectivity index (χ2n) is 7.98. The van der Waals surface area contributed by atoms with Gasteiger partial charge in [0.1, 0.15) is 6.54 Å². The molecule has 0 spiro atoms. The molecule has 0 atom stereocenters. The fraction of sp³-hybridized carbons (Fsp3) is 0.478. The van der Waals surface area contributed by atoms with Gasteiger partial charge in [-0.05, 0) is 19.3 Å². The van der Waals surface area contributed by atoms with E-state index in [0.29, 0.717) is 6.04 Å². The van der Waals surface area contributed by atoms with Gasteiger partial charge in [0, 0.05) is 50.9 Å². The third-order valence-corrected chi connectivity index (χ3v) is 5.48. The van der Waals surface area contributed by atoms with Crippen molar-refractivity contribution in [1.82, 2.24) is 29.4 Å². The van der Waals surface area contributed by atoms with E-state index in [1.807, 2.05) is 30.3 Å². The van der Waals surface area contributed by atoms with Gasteiger partial charge in [-0.3, -0.25) is 14.2 Å². The van der Waals surface area contributed by atoms with E-state index >= 15 is 0 Å². The number of carbonyl (C=O) groups excluding carboxylic acids is 1. The maximum absolute atomic E-state index is 12.0. The van der Waals surface area contributed by atoms with Crippen molar-refractivity contribution in [3.8, 4) is 0 Å². The lowest BCUT2D eigenvalue weighted by Gasteiger charge is -2.25. The summed E-state index contributed by atoms with van der Waals surface area (Å²) in [6.45, 7) is 6.69. The van der Waals surface area contributed by atoms with Gasteiger partial charge in [-0.25, -0.2) is 4.99 Å². The van der Waals surface area contributed by atoms with E-state index in [1.165, 1.54) is 0 Å². The number of aromatic nitrogens is 4. The Morgan fingerprint density at radius 1 is 1.10 bits per heavy atom. The summed E-state index contributed by atoms with van der Waals surface area (Å²) in [5.41, 5.74) is 4.64. The van der Waals surface area contributed by atoms with E-state index in [2.05, 4.69) is 48.1 Å². The molecule has 8 nitrogen and oxygen atoms in total. The molecule has 166 valence electrons. The van der Waals surface area contributed by atoms with Gasteiger partial charge in [0.25, 0.3) is 0 Å². The van der Waals surface area contributed by atoms with Gasteiger partial charge < -0.3 is 9.80 Å². The molecular weight excluding hydrogens is 390 g/mol. The Kier molecular flexibility index (Phi) is 7.09. The zero-order chi connectivity index (χ0) is 22.5. The van der Waals surface area contributed by atoms with Crippen LogP contribution in [0.3, 0.4) is 0 Å². The molecule has 0 aliphatic carbocycles. The SMILES string of the molecule is CC/C=C1/C(c2cnn(C(CC)CC)c2)=NC(c2cnn(CC(=O)N(C)C)c2)=CN1C. The van der Waals surface area contributed by atoms with E-state index in [-0.39, 0.29) is 12.5 Å².